The highest BCUT2D eigenvalue weighted by Crippen LogP contribution is 2.77. The SMILES string of the molecule is CCOC1CC2C(C)(C)C(OC)CCC2(C)C2CCC3C4C(C)C(C)CCC4(C(=O)O)CCC3(C)C12C. The normalized spacial score (nSPS) is 54.8. The van der Waals surface area contributed by atoms with Crippen molar-refractivity contribution in [3.8, 4) is 0 Å². The zero-order valence-corrected chi connectivity index (χ0v) is 25.4. The molecule has 0 aliphatic heterocycles. The molecule has 5 aliphatic rings. The van der Waals surface area contributed by atoms with E-state index in [1.54, 1.807) is 0 Å². The third kappa shape index (κ3) is 3.42. The molecule has 0 heterocycles. The summed E-state index contributed by atoms with van der Waals surface area (Å²) in [5, 5.41) is 10.7. The molecule has 0 aromatic rings. The van der Waals surface area contributed by atoms with E-state index in [-0.39, 0.29) is 33.7 Å². The van der Waals surface area contributed by atoms with Gasteiger partial charge in [0.05, 0.1) is 17.6 Å². The fraction of sp³-hybridized carbons (Fsp3) is 0.970. The Bertz CT molecular complexity index is 899. The van der Waals surface area contributed by atoms with Gasteiger partial charge in [-0.3, -0.25) is 4.79 Å². The van der Waals surface area contributed by atoms with E-state index in [9.17, 15) is 9.90 Å². The highest BCUT2D eigenvalue weighted by Gasteiger charge is 2.74. The van der Waals surface area contributed by atoms with Crippen LogP contribution in [0.25, 0.3) is 0 Å². The third-order valence-electron chi connectivity index (χ3n) is 14.7. The van der Waals surface area contributed by atoms with Gasteiger partial charge in [0.15, 0.2) is 0 Å². The lowest BCUT2D eigenvalue weighted by molar-refractivity contribution is -0.297. The Morgan fingerprint density at radius 2 is 1.59 bits per heavy atom. The molecule has 0 aromatic heterocycles. The highest BCUT2D eigenvalue weighted by atomic mass is 16.5. The van der Waals surface area contributed by atoms with Gasteiger partial charge < -0.3 is 14.6 Å². The summed E-state index contributed by atoms with van der Waals surface area (Å²) < 4.78 is 12.9. The molecule has 1 N–H and O–H groups in total. The molecule has 5 rings (SSSR count). The van der Waals surface area contributed by atoms with Crippen molar-refractivity contribution < 1.29 is 19.4 Å². The summed E-state index contributed by atoms with van der Waals surface area (Å²) in [6.45, 7) is 20.4. The summed E-state index contributed by atoms with van der Waals surface area (Å²) in [4.78, 5) is 13.0. The number of ether oxygens (including phenoxy) is 2. The van der Waals surface area contributed by atoms with E-state index in [4.69, 9.17) is 9.47 Å². The van der Waals surface area contributed by atoms with Crippen LogP contribution in [0.3, 0.4) is 0 Å². The van der Waals surface area contributed by atoms with Gasteiger partial charge in [-0.2, -0.15) is 0 Å². The molecular weight excluding hydrogens is 460 g/mol. The van der Waals surface area contributed by atoms with Crippen LogP contribution in [0, 0.1) is 62.6 Å². The molecule has 0 bridgehead atoms. The Balaban J connectivity index is 1.62. The molecule has 5 aliphatic carbocycles. The second kappa shape index (κ2) is 8.95. The van der Waals surface area contributed by atoms with E-state index in [2.05, 4.69) is 55.4 Å². The van der Waals surface area contributed by atoms with Crippen LogP contribution in [0.15, 0.2) is 0 Å². The van der Waals surface area contributed by atoms with E-state index >= 15 is 0 Å². The number of methoxy groups -OCH3 is 1. The van der Waals surface area contributed by atoms with Crippen LogP contribution in [-0.2, 0) is 14.3 Å². The summed E-state index contributed by atoms with van der Waals surface area (Å²) >= 11 is 0. The van der Waals surface area contributed by atoms with E-state index in [1.165, 1.54) is 19.3 Å². The monoisotopic (exact) mass is 516 g/mol. The van der Waals surface area contributed by atoms with Crippen molar-refractivity contribution in [2.45, 2.75) is 125 Å². The molecule has 0 radical (unpaired) electrons. The molecule has 0 aromatic carbocycles. The van der Waals surface area contributed by atoms with Gasteiger partial charge in [-0.15, -0.1) is 0 Å². The number of aliphatic carboxylic acids is 1. The first-order chi connectivity index (χ1) is 17.3. The van der Waals surface area contributed by atoms with Crippen molar-refractivity contribution in [1.82, 2.24) is 0 Å². The second-order valence-corrected chi connectivity index (χ2v) is 15.6. The Labute approximate surface area is 227 Å². The van der Waals surface area contributed by atoms with Gasteiger partial charge in [0, 0.05) is 19.1 Å². The third-order valence-corrected chi connectivity index (χ3v) is 14.7. The molecule has 5 fully saturated rings. The zero-order chi connectivity index (χ0) is 27.2. The van der Waals surface area contributed by atoms with Crippen LogP contribution in [0.5, 0.6) is 0 Å². The van der Waals surface area contributed by atoms with Gasteiger partial charge in [-0.05, 0) is 116 Å². The van der Waals surface area contributed by atoms with E-state index in [0.717, 1.165) is 45.1 Å². The van der Waals surface area contributed by atoms with E-state index < -0.39 is 11.4 Å². The molecule has 0 spiro atoms. The van der Waals surface area contributed by atoms with Gasteiger partial charge in [0.25, 0.3) is 0 Å². The molecule has 37 heavy (non-hydrogen) atoms. The predicted octanol–water partition coefficient (Wildman–Crippen LogP) is 7.84. The minimum absolute atomic E-state index is 0.0538. The Kier molecular flexibility index (Phi) is 6.76. The Morgan fingerprint density at radius 3 is 2.22 bits per heavy atom. The Morgan fingerprint density at radius 1 is 0.892 bits per heavy atom. The molecule has 4 heteroatoms. The largest absolute Gasteiger partial charge is 0.481 e. The average Bonchev–Trinajstić information content (AvgIpc) is 2.83. The van der Waals surface area contributed by atoms with Crippen molar-refractivity contribution in [2.24, 2.45) is 62.6 Å². The van der Waals surface area contributed by atoms with Crippen molar-refractivity contribution in [2.75, 3.05) is 13.7 Å². The van der Waals surface area contributed by atoms with Gasteiger partial charge in [0.1, 0.15) is 0 Å². The quantitative estimate of drug-likeness (QED) is 0.413. The van der Waals surface area contributed by atoms with Crippen molar-refractivity contribution in [3.63, 3.8) is 0 Å². The topological polar surface area (TPSA) is 55.8 Å². The molecule has 12 atom stereocenters. The first kappa shape index (κ1) is 27.9. The highest BCUT2D eigenvalue weighted by molar-refractivity contribution is 5.75. The maximum Gasteiger partial charge on any atom is 0.309 e. The summed E-state index contributed by atoms with van der Waals surface area (Å²) in [7, 11) is 1.90. The molecule has 0 saturated heterocycles. The van der Waals surface area contributed by atoms with Crippen LogP contribution in [0.4, 0.5) is 0 Å². The lowest BCUT2D eigenvalue weighted by Crippen LogP contribution is -2.72. The first-order valence-corrected chi connectivity index (χ1v) is 15.6. The first-order valence-electron chi connectivity index (χ1n) is 15.6. The molecular formula is C33H56O4. The molecule has 212 valence electrons. The van der Waals surface area contributed by atoms with Crippen molar-refractivity contribution >= 4 is 5.97 Å². The number of hydrogen-bond donors (Lipinski definition) is 1. The molecule has 4 nitrogen and oxygen atoms in total. The predicted molar refractivity (Wildman–Crippen MR) is 148 cm³/mol. The van der Waals surface area contributed by atoms with Gasteiger partial charge in [-0.1, -0.05) is 48.5 Å². The minimum Gasteiger partial charge on any atom is -0.481 e. The van der Waals surface area contributed by atoms with Crippen LogP contribution in [0.2, 0.25) is 0 Å². The summed E-state index contributed by atoms with van der Waals surface area (Å²) in [5.41, 5.74) is 0.00930. The fourth-order valence-electron chi connectivity index (χ4n) is 12.4. The minimum atomic E-state index is -0.528. The molecule has 0 amide bonds. The number of rotatable bonds is 4. The maximum atomic E-state index is 13.0. The number of carboxylic acid groups (broad SMARTS) is 1. The van der Waals surface area contributed by atoms with Gasteiger partial charge in [-0.25, -0.2) is 0 Å². The van der Waals surface area contributed by atoms with Crippen molar-refractivity contribution in [1.29, 1.82) is 0 Å². The smallest absolute Gasteiger partial charge is 0.309 e. The number of carbonyl (C=O) groups is 1. The Hall–Kier alpha value is -0.610. The maximum absolute atomic E-state index is 13.0. The lowest BCUT2D eigenvalue weighted by Gasteiger charge is -2.75. The fourth-order valence-corrected chi connectivity index (χ4v) is 12.4. The van der Waals surface area contributed by atoms with Crippen LogP contribution in [-0.4, -0.2) is 37.0 Å². The summed E-state index contributed by atoms with van der Waals surface area (Å²) in [6.07, 6.45) is 10.2. The number of hydrogen-bond acceptors (Lipinski definition) is 3. The second-order valence-electron chi connectivity index (χ2n) is 15.6. The average molecular weight is 517 g/mol. The van der Waals surface area contributed by atoms with Gasteiger partial charge in [0.2, 0.25) is 0 Å². The standard InChI is InChI=1S/C33H56O4/c1-10-37-26-19-24-29(4,5)25(36-9)14-15-30(24,6)23-12-11-22-27-21(3)20(2)13-16-33(27,28(34)35)18-17-31(22,7)32(23,26)8/h20-27H,10-19H2,1-9H3,(H,34,35). The van der Waals surface area contributed by atoms with Crippen LogP contribution < -0.4 is 0 Å². The zero-order valence-electron chi connectivity index (χ0n) is 25.4. The molecule has 5 saturated carbocycles. The van der Waals surface area contributed by atoms with E-state index in [1.807, 2.05) is 7.11 Å². The van der Waals surface area contributed by atoms with E-state index in [0.29, 0.717) is 35.7 Å². The van der Waals surface area contributed by atoms with Gasteiger partial charge >= 0.3 is 5.97 Å². The van der Waals surface area contributed by atoms with Crippen molar-refractivity contribution in [3.05, 3.63) is 0 Å². The number of fused-ring (bicyclic) bond motifs is 7. The molecule has 12 unspecified atom stereocenters. The summed E-state index contributed by atoms with van der Waals surface area (Å²) in [5.74, 6) is 2.46. The lowest BCUT2D eigenvalue weighted by atomic mass is 9.30. The van der Waals surface area contributed by atoms with Crippen LogP contribution >= 0.6 is 0 Å². The number of carboxylic acids is 1. The summed E-state index contributed by atoms with van der Waals surface area (Å²) in [6, 6.07) is 0. The van der Waals surface area contributed by atoms with Crippen LogP contribution in [0.1, 0.15) is 113 Å².